The summed E-state index contributed by atoms with van der Waals surface area (Å²) in [4.78, 5) is 17.3. The molecular formula is C17H15ClN2OS. The second kappa shape index (κ2) is 5.71. The summed E-state index contributed by atoms with van der Waals surface area (Å²) in [7, 11) is 1.93. The fourth-order valence-electron chi connectivity index (χ4n) is 2.45. The SMILES string of the molecule is Cc1cc(C)c2sc(=NC(=O)c3cccc(Cl)c3)n(C)c2c1. The maximum Gasteiger partial charge on any atom is 0.279 e. The van der Waals surface area contributed by atoms with Crippen LogP contribution in [0, 0.1) is 13.8 Å². The van der Waals surface area contributed by atoms with Gasteiger partial charge in [0.2, 0.25) is 0 Å². The first-order chi connectivity index (χ1) is 10.5. The number of hydrogen-bond acceptors (Lipinski definition) is 2. The minimum atomic E-state index is -0.279. The number of thiazole rings is 1. The largest absolute Gasteiger partial charge is 0.319 e. The number of rotatable bonds is 1. The average Bonchev–Trinajstić information content (AvgIpc) is 2.77. The molecule has 0 atom stereocenters. The molecule has 5 heteroatoms. The Morgan fingerprint density at radius 3 is 2.73 bits per heavy atom. The van der Waals surface area contributed by atoms with Gasteiger partial charge in [-0.15, -0.1) is 0 Å². The first-order valence-electron chi connectivity index (χ1n) is 6.87. The maximum absolute atomic E-state index is 12.3. The molecule has 0 spiro atoms. The van der Waals surface area contributed by atoms with Crippen molar-refractivity contribution < 1.29 is 4.79 Å². The van der Waals surface area contributed by atoms with E-state index in [0.717, 1.165) is 10.2 Å². The van der Waals surface area contributed by atoms with Gasteiger partial charge in [0.15, 0.2) is 4.80 Å². The lowest BCUT2D eigenvalue weighted by Crippen LogP contribution is -2.13. The van der Waals surface area contributed by atoms with Crippen LogP contribution in [0.1, 0.15) is 21.5 Å². The van der Waals surface area contributed by atoms with Gasteiger partial charge in [-0.3, -0.25) is 4.79 Å². The van der Waals surface area contributed by atoms with Crippen molar-refractivity contribution >= 4 is 39.1 Å². The number of benzene rings is 2. The lowest BCUT2D eigenvalue weighted by atomic mass is 10.1. The van der Waals surface area contributed by atoms with Crippen LogP contribution >= 0.6 is 22.9 Å². The fourth-order valence-corrected chi connectivity index (χ4v) is 3.70. The summed E-state index contributed by atoms with van der Waals surface area (Å²) in [5, 5.41) is 0.535. The molecule has 0 fully saturated rings. The molecule has 0 aliphatic carbocycles. The van der Waals surface area contributed by atoms with E-state index in [0.29, 0.717) is 15.4 Å². The van der Waals surface area contributed by atoms with Crippen molar-refractivity contribution in [3.63, 3.8) is 0 Å². The second-order valence-corrected chi connectivity index (χ2v) is 6.71. The number of halogens is 1. The van der Waals surface area contributed by atoms with Gasteiger partial charge >= 0.3 is 0 Å². The Morgan fingerprint density at radius 1 is 1.23 bits per heavy atom. The number of amides is 1. The normalized spacial score (nSPS) is 12.1. The molecule has 1 aromatic heterocycles. The van der Waals surface area contributed by atoms with Gasteiger partial charge < -0.3 is 4.57 Å². The van der Waals surface area contributed by atoms with E-state index in [-0.39, 0.29) is 5.91 Å². The summed E-state index contributed by atoms with van der Waals surface area (Å²) in [5.74, 6) is -0.279. The summed E-state index contributed by atoms with van der Waals surface area (Å²) < 4.78 is 3.12. The molecule has 1 heterocycles. The van der Waals surface area contributed by atoms with Crippen LogP contribution in [-0.2, 0) is 7.05 Å². The van der Waals surface area contributed by atoms with Crippen LogP contribution < -0.4 is 4.80 Å². The van der Waals surface area contributed by atoms with Crippen LogP contribution in [0.15, 0.2) is 41.4 Å². The van der Waals surface area contributed by atoms with Crippen LogP contribution in [0.3, 0.4) is 0 Å². The van der Waals surface area contributed by atoms with Gasteiger partial charge in [0.05, 0.1) is 10.2 Å². The van der Waals surface area contributed by atoms with Gasteiger partial charge in [-0.1, -0.05) is 35.1 Å². The Labute approximate surface area is 137 Å². The second-order valence-electron chi connectivity index (χ2n) is 5.30. The topological polar surface area (TPSA) is 34.4 Å². The number of aryl methyl sites for hydroxylation is 3. The molecule has 0 N–H and O–H groups in total. The standard InChI is InChI=1S/C17H15ClN2OS/c1-10-7-11(2)15-14(8-10)20(3)17(22-15)19-16(21)12-5-4-6-13(18)9-12/h4-9H,1-3H3. The van der Waals surface area contributed by atoms with E-state index < -0.39 is 0 Å². The first-order valence-corrected chi connectivity index (χ1v) is 8.06. The van der Waals surface area contributed by atoms with Crippen molar-refractivity contribution in [2.75, 3.05) is 0 Å². The maximum atomic E-state index is 12.3. The van der Waals surface area contributed by atoms with E-state index in [9.17, 15) is 4.79 Å². The Balaban J connectivity index is 2.16. The number of fused-ring (bicyclic) bond motifs is 1. The van der Waals surface area contributed by atoms with Gasteiger partial charge in [0.25, 0.3) is 5.91 Å². The van der Waals surface area contributed by atoms with Crippen molar-refractivity contribution in [3.8, 4) is 0 Å². The number of nitrogens with zero attached hydrogens (tertiary/aromatic N) is 2. The van der Waals surface area contributed by atoms with Crippen molar-refractivity contribution in [2.45, 2.75) is 13.8 Å². The molecule has 2 aromatic carbocycles. The molecule has 112 valence electrons. The molecule has 0 radical (unpaired) electrons. The monoisotopic (exact) mass is 330 g/mol. The van der Waals surface area contributed by atoms with Crippen molar-refractivity contribution in [2.24, 2.45) is 12.0 Å². The molecule has 0 unspecified atom stereocenters. The molecule has 0 bridgehead atoms. The zero-order valence-corrected chi connectivity index (χ0v) is 14.1. The van der Waals surface area contributed by atoms with Crippen molar-refractivity contribution in [1.82, 2.24) is 4.57 Å². The Morgan fingerprint density at radius 2 is 2.00 bits per heavy atom. The van der Waals surface area contributed by atoms with Crippen LogP contribution in [0.5, 0.6) is 0 Å². The van der Waals surface area contributed by atoms with Crippen LogP contribution in [0.4, 0.5) is 0 Å². The van der Waals surface area contributed by atoms with E-state index in [1.807, 2.05) is 11.6 Å². The minimum Gasteiger partial charge on any atom is -0.319 e. The highest BCUT2D eigenvalue weighted by Crippen LogP contribution is 2.22. The minimum absolute atomic E-state index is 0.279. The van der Waals surface area contributed by atoms with Crippen LogP contribution in [0.25, 0.3) is 10.2 Å². The van der Waals surface area contributed by atoms with Crippen LogP contribution in [-0.4, -0.2) is 10.5 Å². The summed E-state index contributed by atoms with van der Waals surface area (Å²) in [5.41, 5.74) is 4.00. The average molecular weight is 331 g/mol. The molecule has 3 nitrogen and oxygen atoms in total. The van der Waals surface area contributed by atoms with Gasteiger partial charge in [0.1, 0.15) is 0 Å². The third kappa shape index (κ3) is 2.72. The zero-order chi connectivity index (χ0) is 15.9. The lowest BCUT2D eigenvalue weighted by molar-refractivity contribution is 0.0998. The number of carbonyl (C=O) groups excluding carboxylic acids is 1. The third-order valence-electron chi connectivity index (χ3n) is 3.51. The van der Waals surface area contributed by atoms with Gasteiger partial charge in [0, 0.05) is 17.6 Å². The molecule has 22 heavy (non-hydrogen) atoms. The third-order valence-corrected chi connectivity index (χ3v) is 5.03. The summed E-state index contributed by atoms with van der Waals surface area (Å²) in [6.07, 6.45) is 0. The molecular weight excluding hydrogens is 316 g/mol. The smallest absolute Gasteiger partial charge is 0.279 e. The number of hydrogen-bond donors (Lipinski definition) is 0. The summed E-state index contributed by atoms with van der Waals surface area (Å²) in [6, 6.07) is 11.1. The molecule has 0 saturated heterocycles. The molecule has 3 rings (SSSR count). The van der Waals surface area contributed by atoms with Crippen molar-refractivity contribution in [3.05, 3.63) is 62.9 Å². The quantitative estimate of drug-likeness (QED) is 0.656. The predicted octanol–water partition coefficient (Wildman–Crippen LogP) is 4.25. The Bertz CT molecular complexity index is 953. The first kappa shape index (κ1) is 15.0. The molecule has 1 amide bonds. The van der Waals surface area contributed by atoms with E-state index in [1.165, 1.54) is 22.5 Å². The Hall–Kier alpha value is -1.91. The van der Waals surface area contributed by atoms with Gasteiger partial charge in [-0.2, -0.15) is 4.99 Å². The number of carbonyl (C=O) groups is 1. The highest BCUT2D eigenvalue weighted by atomic mass is 35.5. The molecule has 0 saturated carbocycles. The lowest BCUT2D eigenvalue weighted by Gasteiger charge is -2.00. The van der Waals surface area contributed by atoms with E-state index >= 15 is 0 Å². The van der Waals surface area contributed by atoms with Crippen LogP contribution in [0.2, 0.25) is 5.02 Å². The van der Waals surface area contributed by atoms with E-state index in [1.54, 1.807) is 24.3 Å². The molecule has 0 aliphatic heterocycles. The van der Waals surface area contributed by atoms with E-state index in [4.69, 9.17) is 11.6 Å². The fraction of sp³-hybridized carbons (Fsp3) is 0.176. The predicted molar refractivity (Wildman–Crippen MR) is 91.6 cm³/mol. The van der Waals surface area contributed by atoms with Gasteiger partial charge in [-0.05, 0) is 49.2 Å². The summed E-state index contributed by atoms with van der Waals surface area (Å²) in [6.45, 7) is 4.15. The highest BCUT2D eigenvalue weighted by molar-refractivity contribution is 7.16. The summed E-state index contributed by atoms with van der Waals surface area (Å²) >= 11 is 7.46. The van der Waals surface area contributed by atoms with Crippen molar-refractivity contribution in [1.29, 1.82) is 0 Å². The van der Waals surface area contributed by atoms with Gasteiger partial charge in [-0.25, -0.2) is 0 Å². The Kier molecular flexibility index (Phi) is 3.89. The number of aromatic nitrogens is 1. The van der Waals surface area contributed by atoms with E-state index in [2.05, 4.69) is 31.0 Å². The zero-order valence-electron chi connectivity index (χ0n) is 12.6. The molecule has 0 aliphatic rings. The molecule has 3 aromatic rings. The highest BCUT2D eigenvalue weighted by Gasteiger charge is 2.09.